The third-order valence-corrected chi connectivity index (χ3v) is 9.00. The van der Waals surface area contributed by atoms with Crippen LogP contribution in [0.4, 0.5) is 17.1 Å². The Balaban J connectivity index is 1.28. The Kier molecular flexibility index (Phi) is 9.92. The fraction of sp³-hybridized carbons (Fsp3) is 0.316. The molecule has 2 fully saturated rings. The maximum atomic E-state index is 13.4. The molecular formula is C38H41N5O4. The standard InChI is InChI=1S/C38H41N5O4/c39-24-27-7-5-8-28(21-27)25-42(38(45)31-11-12-31)26-29-9-6-10-32(22-29)33-15-18-36(41-19-3-1-2-4-20-41)35(23-33)40-37(44)30-13-16-34(17-14-30)43(46)47/h5-10,13-18,21-23,31H,1-4,11-12,19-20,24-26,39H2,(H,40,44). The van der Waals surface area contributed by atoms with E-state index in [0.29, 0.717) is 30.9 Å². The first-order valence-corrected chi connectivity index (χ1v) is 16.5. The fourth-order valence-electron chi connectivity index (χ4n) is 6.28. The van der Waals surface area contributed by atoms with Gasteiger partial charge in [0.25, 0.3) is 11.6 Å². The highest BCUT2D eigenvalue weighted by Crippen LogP contribution is 2.35. The van der Waals surface area contributed by atoms with E-state index in [9.17, 15) is 19.7 Å². The summed E-state index contributed by atoms with van der Waals surface area (Å²) in [5, 5.41) is 14.2. The number of carbonyl (C=O) groups is 2. The molecule has 3 N–H and O–H groups in total. The zero-order valence-electron chi connectivity index (χ0n) is 26.6. The van der Waals surface area contributed by atoms with Crippen molar-refractivity contribution >= 4 is 28.9 Å². The Labute approximate surface area is 275 Å². The quantitative estimate of drug-likeness (QED) is 0.132. The molecule has 0 unspecified atom stereocenters. The summed E-state index contributed by atoms with van der Waals surface area (Å²) in [7, 11) is 0. The van der Waals surface area contributed by atoms with Crippen LogP contribution in [0.25, 0.3) is 11.1 Å². The van der Waals surface area contributed by atoms with Gasteiger partial charge in [0.1, 0.15) is 0 Å². The van der Waals surface area contributed by atoms with E-state index in [1.165, 1.54) is 37.1 Å². The van der Waals surface area contributed by atoms with E-state index < -0.39 is 4.92 Å². The molecule has 0 spiro atoms. The number of non-ortho nitro benzene ring substituents is 1. The first-order chi connectivity index (χ1) is 22.9. The van der Waals surface area contributed by atoms with Crippen LogP contribution >= 0.6 is 0 Å². The van der Waals surface area contributed by atoms with Gasteiger partial charge in [0.15, 0.2) is 0 Å². The number of nitro benzene ring substituents is 1. The highest BCUT2D eigenvalue weighted by molar-refractivity contribution is 6.06. The second-order valence-electron chi connectivity index (χ2n) is 12.6. The van der Waals surface area contributed by atoms with Crippen LogP contribution in [-0.2, 0) is 24.4 Å². The SMILES string of the molecule is NCc1cccc(CN(Cc2cccc(-c3ccc(N4CCCCCC4)c(NC(=O)c4ccc([N+](=O)[O-])cc4)c3)c2)C(=O)C2CC2)c1. The average molecular weight is 632 g/mol. The number of nitrogens with zero attached hydrogens (tertiary/aromatic N) is 3. The molecule has 1 saturated heterocycles. The van der Waals surface area contributed by atoms with Gasteiger partial charge in [0, 0.05) is 56.3 Å². The summed E-state index contributed by atoms with van der Waals surface area (Å²) in [5.74, 6) is -0.0364. The van der Waals surface area contributed by atoms with Gasteiger partial charge in [0.05, 0.1) is 16.3 Å². The summed E-state index contributed by atoms with van der Waals surface area (Å²) in [4.78, 5) is 41.7. The lowest BCUT2D eigenvalue weighted by molar-refractivity contribution is -0.384. The van der Waals surface area contributed by atoms with Gasteiger partial charge >= 0.3 is 0 Å². The van der Waals surface area contributed by atoms with Gasteiger partial charge in [-0.1, -0.05) is 61.4 Å². The van der Waals surface area contributed by atoms with Crippen molar-refractivity contribution in [2.75, 3.05) is 23.3 Å². The van der Waals surface area contributed by atoms with Crippen LogP contribution in [0.3, 0.4) is 0 Å². The second kappa shape index (κ2) is 14.6. The smallest absolute Gasteiger partial charge is 0.269 e. The largest absolute Gasteiger partial charge is 0.370 e. The number of nitrogens with two attached hydrogens (primary N) is 1. The van der Waals surface area contributed by atoms with Crippen molar-refractivity contribution in [2.24, 2.45) is 11.7 Å². The van der Waals surface area contributed by atoms with Gasteiger partial charge in [0.2, 0.25) is 5.91 Å². The Hall–Kier alpha value is -5.02. The highest BCUT2D eigenvalue weighted by Gasteiger charge is 2.33. The second-order valence-corrected chi connectivity index (χ2v) is 12.6. The number of rotatable bonds is 11. The van der Waals surface area contributed by atoms with Crippen LogP contribution in [0.1, 0.15) is 65.6 Å². The average Bonchev–Trinajstić information content (AvgIpc) is 3.96. The van der Waals surface area contributed by atoms with Gasteiger partial charge in [-0.3, -0.25) is 19.7 Å². The monoisotopic (exact) mass is 631 g/mol. The lowest BCUT2D eigenvalue weighted by atomic mass is 10.0. The molecule has 0 aromatic heterocycles. The van der Waals surface area contributed by atoms with Crippen molar-refractivity contribution in [1.29, 1.82) is 0 Å². The van der Waals surface area contributed by atoms with Crippen molar-refractivity contribution in [3.05, 3.63) is 123 Å². The number of nitrogens with one attached hydrogen (secondary N) is 1. The molecule has 2 amide bonds. The molecule has 0 radical (unpaired) electrons. The molecule has 1 aliphatic carbocycles. The number of anilines is 2. The van der Waals surface area contributed by atoms with Crippen LogP contribution in [0.2, 0.25) is 0 Å². The van der Waals surface area contributed by atoms with Crippen LogP contribution in [0.5, 0.6) is 0 Å². The molecule has 6 rings (SSSR count). The van der Waals surface area contributed by atoms with E-state index in [4.69, 9.17) is 5.73 Å². The summed E-state index contributed by atoms with van der Waals surface area (Å²) >= 11 is 0. The minimum Gasteiger partial charge on any atom is -0.370 e. The zero-order chi connectivity index (χ0) is 32.8. The topological polar surface area (TPSA) is 122 Å². The van der Waals surface area contributed by atoms with E-state index >= 15 is 0 Å². The van der Waals surface area contributed by atoms with E-state index in [1.807, 2.05) is 41.3 Å². The van der Waals surface area contributed by atoms with Crippen molar-refractivity contribution in [1.82, 2.24) is 4.90 Å². The predicted octanol–water partition coefficient (Wildman–Crippen LogP) is 7.29. The molecule has 47 heavy (non-hydrogen) atoms. The zero-order valence-corrected chi connectivity index (χ0v) is 26.6. The highest BCUT2D eigenvalue weighted by atomic mass is 16.6. The lowest BCUT2D eigenvalue weighted by Crippen LogP contribution is -2.31. The molecule has 1 aliphatic heterocycles. The summed E-state index contributed by atoms with van der Waals surface area (Å²) in [6, 6.07) is 28.2. The third-order valence-electron chi connectivity index (χ3n) is 9.00. The number of carbonyl (C=O) groups excluding carboxylic acids is 2. The van der Waals surface area contributed by atoms with Gasteiger partial charge in [-0.2, -0.15) is 0 Å². The Bertz CT molecular complexity index is 1740. The molecule has 9 nitrogen and oxygen atoms in total. The van der Waals surface area contributed by atoms with Crippen LogP contribution in [0, 0.1) is 16.0 Å². The van der Waals surface area contributed by atoms with Gasteiger partial charge in [-0.05, 0) is 83.8 Å². The molecule has 0 bridgehead atoms. The summed E-state index contributed by atoms with van der Waals surface area (Å²) in [5.41, 5.74) is 12.9. The minimum atomic E-state index is -0.475. The molecule has 4 aromatic rings. The van der Waals surface area contributed by atoms with Gasteiger partial charge < -0.3 is 20.9 Å². The van der Waals surface area contributed by atoms with Crippen molar-refractivity contribution in [2.45, 2.75) is 58.2 Å². The third kappa shape index (κ3) is 8.04. The van der Waals surface area contributed by atoms with Crippen LogP contribution in [-0.4, -0.2) is 34.7 Å². The molecule has 1 saturated carbocycles. The van der Waals surface area contributed by atoms with Crippen molar-refractivity contribution < 1.29 is 14.5 Å². The van der Waals surface area contributed by atoms with E-state index in [2.05, 4.69) is 40.5 Å². The first-order valence-electron chi connectivity index (χ1n) is 16.5. The van der Waals surface area contributed by atoms with Crippen LogP contribution in [0.15, 0.2) is 91.0 Å². The number of hydrogen-bond acceptors (Lipinski definition) is 6. The molecule has 2 aliphatic rings. The first kappa shape index (κ1) is 31.9. The summed E-state index contributed by atoms with van der Waals surface area (Å²) < 4.78 is 0. The number of amides is 2. The lowest BCUT2D eigenvalue weighted by Gasteiger charge is -2.26. The number of hydrogen-bond donors (Lipinski definition) is 2. The van der Waals surface area contributed by atoms with E-state index in [0.717, 1.165) is 72.3 Å². The summed E-state index contributed by atoms with van der Waals surface area (Å²) in [6.07, 6.45) is 6.43. The molecular weight excluding hydrogens is 590 g/mol. The molecule has 1 heterocycles. The summed E-state index contributed by atoms with van der Waals surface area (Å²) in [6.45, 7) is 3.30. The molecule has 4 aromatic carbocycles. The number of nitro groups is 1. The van der Waals surface area contributed by atoms with Crippen molar-refractivity contribution in [3.8, 4) is 11.1 Å². The molecule has 0 atom stereocenters. The van der Waals surface area contributed by atoms with E-state index in [1.54, 1.807) is 0 Å². The van der Waals surface area contributed by atoms with Gasteiger partial charge in [-0.15, -0.1) is 0 Å². The normalized spacial score (nSPS) is 14.7. The molecule has 9 heteroatoms. The maximum absolute atomic E-state index is 13.4. The Morgan fingerprint density at radius 1 is 0.809 bits per heavy atom. The Morgan fingerprint density at radius 3 is 2.11 bits per heavy atom. The van der Waals surface area contributed by atoms with Crippen molar-refractivity contribution in [3.63, 3.8) is 0 Å². The fourth-order valence-corrected chi connectivity index (χ4v) is 6.28. The van der Waals surface area contributed by atoms with Gasteiger partial charge in [-0.25, -0.2) is 0 Å². The molecule has 242 valence electrons. The predicted molar refractivity (Wildman–Crippen MR) is 185 cm³/mol. The van der Waals surface area contributed by atoms with Crippen LogP contribution < -0.4 is 16.0 Å². The van der Waals surface area contributed by atoms with E-state index in [-0.39, 0.29) is 23.4 Å². The number of benzene rings is 4. The minimum absolute atomic E-state index is 0.0600. The Morgan fingerprint density at radius 2 is 1.45 bits per heavy atom. The maximum Gasteiger partial charge on any atom is 0.269 e.